The second-order valence-electron chi connectivity index (χ2n) is 7.96. The summed E-state index contributed by atoms with van der Waals surface area (Å²) >= 11 is 6.76. The van der Waals surface area contributed by atoms with Gasteiger partial charge in [0.05, 0.1) is 16.8 Å². The lowest BCUT2D eigenvalue weighted by Gasteiger charge is -2.31. The van der Waals surface area contributed by atoms with E-state index in [1.807, 2.05) is 26.8 Å². The average molecular weight is 518 g/mol. The van der Waals surface area contributed by atoms with Crippen LogP contribution in [-0.4, -0.2) is 33.9 Å². The fourth-order valence-electron chi connectivity index (χ4n) is 3.03. The number of aromatic nitrogens is 2. The Morgan fingerprint density at radius 2 is 1.79 bits per heavy atom. The van der Waals surface area contributed by atoms with E-state index in [1.165, 1.54) is 12.1 Å². The number of piperidine rings is 1. The monoisotopic (exact) mass is 516 g/mol. The summed E-state index contributed by atoms with van der Waals surface area (Å²) in [4.78, 5) is 17.5. The van der Waals surface area contributed by atoms with E-state index in [4.69, 9.17) is 10.6 Å². The standard InChI is InChI=1S/C19H23Br2FN4O2/c1-19(2,3)18(27)28-25-6-4-11(5-7-25)15-10-16(23)26(24-15)17-13(20)8-12(22)9-14(17)21/h8-11H,4-7,23H2,1-3H3. The van der Waals surface area contributed by atoms with Crippen LogP contribution in [0.1, 0.15) is 45.2 Å². The summed E-state index contributed by atoms with van der Waals surface area (Å²) in [6, 6.07) is 4.61. The molecule has 152 valence electrons. The number of nitrogens with zero attached hydrogens (tertiary/aromatic N) is 3. The number of nitrogens with two attached hydrogens (primary N) is 1. The Morgan fingerprint density at radius 1 is 1.21 bits per heavy atom. The Hall–Kier alpha value is -1.45. The fourth-order valence-corrected chi connectivity index (χ4v) is 4.49. The molecule has 1 aliphatic heterocycles. The first-order valence-electron chi connectivity index (χ1n) is 9.04. The van der Waals surface area contributed by atoms with Crippen molar-refractivity contribution < 1.29 is 14.0 Å². The minimum atomic E-state index is -0.528. The van der Waals surface area contributed by atoms with Gasteiger partial charge in [-0.1, -0.05) is 0 Å². The minimum Gasteiger partial charge on any atom is -0.384 e. The average Bonchev–Trinajstić information content (AvgIpc) is 2.95. The molecule has 2 N–H and O–H groups in total. The van der Waals surface area contributed by atoms with Crippen LogP contribution >= 0.6 is 31.9 Å². The molecule has 1 aromatic carbocycles. The molecule has 28 heavy (non-hydrogen) atoms. The van der Waals surface area contributed by atoms with Gasteiger partial charge < -0.3 is 10.6 Å². The van der Waals surface area contributed by atoms with Gasteiger partial charge in [0, 0.05) is 34.0 Å². The van der Waals surface area contributed by atoms with Crippen molar-refractivity contribution in [1.82, 2.24) is 14.8 Å². The molecule has 1 saturated heterocycles. The van der Waals surface area contributed by atoms with Gasteiger partial charge in [-0.25, -0.2) is 13.9 Å². The number of hydrogen-bond donors (Lipinski definition) is 1. The summed E-state index contributed by atoms with van der Waals surface area (Å²) in [5.74, 6) is 0.104. The number of hydrogen-bond acceptors (Lipinski definition) is 5. The molecule has 9 heteroatoms. The third kappa shape index (κ3) is 4.58. The molecule has 2 aromatic rings. The van der Waals surface area contributed by atoms with Crippen LogP contribution in [0.4, 0.5) is 10.2 Å². The quantitative estimate of drug-likeness (QED) is 0.632. The normalized spacial score (nSPS) is 16.4. The van der Waals surface area contributed by atoms with Crippen LogP contribution in [-0.2, 0) is 9.63 Å². The van der Waals surface area contributed by atoms with Crippen molar-refractivity contribution in [3.8, 4) is 5.69 Å². The number of nitrogen functional groups attached to an aromatic ring is 1. The van der Waals surface area contributed by atoms with Crippen LogP contribution in [0.2, 0.25) is 0 Å². The van der Waals surface area contributed by atoms with Crippen molar-refractivity contribution in [1.29, 1.82) is 0 Å². The SMILES string of the molecule is CC(C)(C)C(=O)ON1CCC(c2cc(N)n(-c3c(Br)cc(F)cc3Br)n2)CC1. The maximum absolute atomic E-state index is 13.6. The van der Waals surface area contributed by atoms with Gasteiger partial charge >= 0.3 is 5.97 Å². The van der Waals surface area contributed by atoms with E-state index in [-0.39, 0.29) is 17.7 Å². The van der Waals surface area contributed by atoms with Gasteiger partial charge in [-0.15, -0.1) is 5.06 Å². The summed E-state index contributed by atoms with van der Waals surface area (Å²) in [7, 11) is 0. The van der Waals surface area contributed by atoms with Crippen molar-refractivity contribution >= 4 is 43.6 Å². The molecule has 6 nitrogen and oxygen atoms in total. The Bertz CT molecular complexity index is 864. The molecule has 0 saturated carbocycles. The predicted octanol–water partition coefficient (Wildman–Crippen LogP) is 4.80. The first-order chi connectivity index (χ1) is 13.1. The van der Waals surface area contributed by atoms with Crippen LogP contribution in [0.3, 0.4) is 0 Å². The van der Waals surface area contributed by atoms with Gasteiger partial charge in [-0.2, -0.15) is 5.10 Å². The molecule has 3 rings (SSSR count). The van der Waals surface area contributed by atoms with E-state index in [0.717, 1.165) is 18.5 Å². The smallest absolute Gasteiger partial charge is 0.330 e. The largest absolute Gasteiger partial charge is 0.384 e. The second kappa shape index (κ2) is 8.12. The Kier molecular flexibility index (Phi) is 6.17. The Balaban J connectivity index is 1.72. The topological polar surface area (TPSA) is 73.4 Å². The summed E-state index contributed by atoms with van der Waals surface area (Å²) < 4.78 is 16.3. The summed E-state index contributed by atoms with van der Waals surface area (Å²) in [5, 5.41) is 6.38. The number of hydroxylamine groups is 2. The zero-order chi connectivity index (χ0) is 20.6. The van der Waals surface area contributed by atoms with Crippen LogP contribution in [0.25, 0.3) is 5.69 Å². The third-order valence-electron chi connectivity index (χ3n) is 4.65. The zero-order valence-electron chi connectivity index (χ0n) is 16.0. The number of halogens is 3. The Morgan fingerprint density at radius 3 is 2.32 bits per heavy atom. The highest BCUT2D eigenvalue weighted by atomic mass is 79.9. The molecule has 1 aliphatic rings. The van der Waals surface area contributed by atoms with Gasteiger partial charge in [0.25, 0.3) is 0 Å². The van der Waals surface area contributed by atoms with Gasteiger partial charge in [0.2, 0.25) is 0 Å². The highest BCUT2D eigenvalue weighted by molar-refractivity contribution is 9.11. The van der Waals surface area contributed by atoms with Crippen molar-refractivity contribution in [3.05, 3.63) is 38.7 Å². The van der Waals surface area contributed by atoms with Crippen molar-refractivity contribution in [2.24, 2.45) is 5.41 Å². The van der Waals surface area contributed by atoms with E-state index in [1.54, 1.807) is 9.75 Å². The van der Waals surface area contributed by atoms with E-state index in [9.17, 15) is 9.18 Å². The summed E-state index contributed by atoms with van der Waals surface area (Å²) in [6.45, 7) is 6.79. The maximum atomic E-state index is 13.6. The van der Waals surface area contributed by atoms with Crippen LogP contribution in [0.5, 0.6) is 0 Å². The first-order valence-corrected chi connectivity index (χ1v) is 10.6. The first kappa shape index (κ1) is 21.3. The van der Waals surface area contributed by atoms with Crippen molar-refractivity contribution in [2.75, 3.05) is 18.8 Å². The fraction of sp³-hybridized carbons (Fsp3) is 0.474. The maximum Gasteiger partial charge on any atom is 0.330 e. The minimum absolute atomic E-state index is 0.214. The highest BCUT2D eigenvalue weighted by Gasteiger charge is 2.30. The number of carbonyl (C=O) groups excluding carboxylic acids is 1. The summed E-state index contributed by atoms with van der Waals surface area (Å²) in [5.41, 5.74) is 7.19. The molecule has 2 heterocycles. The van der Waals surface area contributed by atoms with Crippen molar-refractivity contribution in [3.63, 3.8) is 0 Å². The van der Waals surface area contributed by atoms with Gasteiger partial charge in [0.1, 0.15) is 11.6 Å². The lowest BCUT2D eigenvalue weighted by molar-refractivity contribution is -0.204. The molecule has 0 atom stereocenters. The molecule has 1 fully saturated rings. The molecule has 0 spiro atoms. The molecule has 1 aromatic heterocycles. The summed E-state index contributed by atoms with van der Waals surface area (Å²) in [6.07, 6.45) is 1.61. The van der Waals surface area contributed by atoms with Crippen LogP contribution in [0.15, 0.2) is 27.1 Å². The van der Waals surface area contributed by atoms with E-state index < -0.39 is 5.41 Å². The molecule has 0 aliphatic carbocycles. The molecule has 0 radical (unpaired) electrons. The zero-order valence-corrected chi connectivity index (χ0v) is 19.2. The predicted molar refractivity (Wildman–Crippen MR) is 112 cm³/mol. The van der Waals surface area contributed by atoms with Crippen LogP contribution < -0.4 is 5.73 Å². The molecular formula is C19H23Br2FN4O2. The molecule has 0 amide bonds. The number of anilines is 1. The van der Waals surface area contributed by atoms with Gasteiger partial charge in [0.15, 0.2) is 0 Å². The number of benzene rings is 1. The van der Waals surface area contributed by atoms with Crippen molar-refractivity contribution in [2.45, 2.75) is 39.5 Å². The second-order valence-corrected chi connectivity index (χ2v) is 9.66. The number of carbonyl (C=O) groups is 1. The number of rotatable bonds is 3. The van der Waals surface area contributed by atoms with Gasteiger partial charge in [-0.3, -0.25) is 0 Å². The van der Waals surface area contributed by atoms with Crippen LogP contribution in [0, 0.1) is 11.2 Å². The molecule has 0 bridgehead atoms. The Labute approximate surface area is 180 Å². The highest BCUT2D eigenvalue weighted by Crippen LogP contribution is 2.34. The lowest BCUT2D eigenvalue weighted by Crippen LogP contribution is -2.38. The molecular weight excluding hydrogens is 495 g/mol. The van der Waals surface area contributed by atoms with E-state index >= 15 is 0 Å². The molecule has 0 unspecified atom stereocenters. The van der Waals surface area contributed by atoms with E-state index in [0.29, 0.717) is 33.5 Å². The lowest BCUT2D eigenvalue weighted by atomic mass is 9.94. The third-order valence-corrected chi connectivity index (χ3v) is 5.85. The van der Waals surface area contributed by atoms with Gasteiger partial charge in [-0.05, 0) is 77.6 Å². The van der Waals surface area contributed by atoms with E-state index in [2.05, 4.69) is 37.0 Å².